The average Bonchev–Trinajstić information content (AvgIpc) is 2.74. The zero-order chi connectivity index (χ0) is 11.4. The Balaban J connectivity index is 1.97. The van der Waals surface area contributed by atoms with Gasteiger partial charge in [-0.2, -0.15) is 0 Å². The van der Waals surface area contributed by atoms with Crippen molar-refractivity contribution in [3.8, 4) is 0 Å². The predicted octanol–water partition coefficient (Wildman–Crippen LogP) is 1.86. The Morgan fingerprint density at radius 2 is 2.56 bits per heavy atom. The van der Waals surface area contributed by atoms with Crippen molar-refractivity contribution in [2.75, 3.05) is 19.8 Å². The van der Waals surface area contributed by atoms with E-state index in [1.54, 1.807) is 11.3 Å². The molecule has 1 aliphatic rings. The lowest BCUT2D eigenvalue weighted by molar-refractivity contribution is 0.0625. The standard InChI is InChI=1S/C12H19NO2S/c1-9-4-6-16-12(9)11(7-14)13-10-3-2-5-15-8-10/h4,6,10-11,13-14H,2-3,5,7-8H2,1H3. The van der Waals surface area contributed by atoms with E-state index in [-0.39, 0.29) is 12.6 Å². The zero-order valence-corrected chi connectivity index (χ0v) is 10.4. The minimum absolute atomic E-state index is 0.0618. The minimum Gasteiger partial charge on any atom is -0.394 e. The molecular formula is C12H19NO2S. The summed E-state index contributed by atoms with van der Waals surface area (Å²) in [7, 11) is 0. The van der Waals surface area contributed by atoms with Crippen molar-refractivity contribution in [3.05, 3.63) is 21.9 Å². The number of hydrogen-bond donors (Lipinski definition) is 2. The molecule has 1 aliphatic heterocycles. The molecular weight excluding hydrogens is 222 g/mol. The third kappa shape index (κ3) is 2.83. The molecule has 16 heavy (non-hydrogen) atoms. The summed E-state index contributed by atoms with van der Waals surface area (Å²) in [5, 5.41) is 15.0. The lowest BCUT2D eigenvalue weighted by Gasteiger charge is -2.27. The Hall–Kier alpha value is -0.420. The van der Waals surface area contributed by atoms with Gasteiger partial charge in [-0.15, -0.1) is 11.3 Å². The molecule has 3 nitrogen and oxygen atoms in total. The molecule has 0 amide bonds. The van der Waals surface area contributed by atoms with Crippen molar-refractivity contribution < 1.29 is 9.84 Å². The third-order valence-electron chi connectivity index (χ3n) is 3.00. The highest BCUT2D eigenvalue weighted by Gasteiger charge is 2.20. The summed E-state index contributed by atoms with van der Waals surface area (Å²) in [5.74, 6) is 0. The van der Waals surface area contributed by atoms with E-state index in [1.807, 2.05) is 0 Å². The van der Waals surface area contributed by atoms with Gasteiger partial charge in [0.05, 0.1) is 19.3 Å². The maximum atomic E-state index is 9.46. The minimum atomic E-state index is 0.0618. The summed E-state index contributed by atoms with van der Waals surface area (Å²) in [4.78, 5) is 1.24. The van der Waals surface area contributed by atoms with Crippen molar-refractivity contribution in [2.24, 2.45) is 0 Å². The Labute approximate surface area is 100 Å². The summed E-state index contributed by atoms with van der Waals surface area (Å²) in [6.07, 6.45) is 2.25. The van der Waals surface area contributed by atoms with Gasteiger partial charge < -0.3 is 15.2 Å². The van der Waals surface area contributed by atoms with Crippen molar-refractivity contribution in [3.63, 3.8) is 0 Å². The lowest BCUT2D eigenvalue weighted by atomic mass is 10.1. The highest BCUT2D eigenvalue weighted by atomic mass is 32.1. The number of aliphatic hydroxyl groups excluding tert-OH is 1. The van der Waals surface area contributed by atoms with Crippen LogP contribution in [0.1, 0.15) is 29.3 Å². The first-order chi connectivity index (χ1) is 7.81. The summed E-state index contributed by atoms with van der Waals surface area (Å²) in [5.41, 5.74) is 1.26. The fourth-order valence-corrected chi connectivity index (χ4v) is 3.09. The summed E-state index contributed by atoms with van der Waals surface area (Å²) in [6, 6.07) is 2.54. The van der Waals surface area contributed by atoms with Crippen LogP contribution in [0.25, 0.3) is 0 Å². The van der Waals surface area contributed by atoms with Crippen LogP contribution >= 0.6 is 11.3 Å². The molecule has 0 spiro atoms. The molecule has 0 saturated carbocycles. The van der Waals surface area contributed by atoms with Crippen LogP contribution in [0.2, 0.25) is 0 Å². The maximum Gasteiger partial charge on any atom is 0.0655 e. The number of aliphatic hydroxyl groups is 1. The normalized spacial score (nSPS) is 23.2. The van der Waals surface area contributed by atoms with Gasteiger partial charge in [0, 0.05) is 17.5 Å². The van der Waals surface area contributed by atoms with Gasteiger partial charge in [0.1, 0.15) is 0 Å². The van der Waals surface area contributed by atoms with Gasteiger partial charge in [-0.1, -0.05) is 0 Å². The Morgan fingerprint density at radius 3 is 3.12 bits per heavy atom. The van der Waals surface area contributed by atoms with E-state index in [0.717, 1.165) is 26.1 Å². The lowest BCUT2D eigenvalue weighted by Crippen LogP contribution is -2.40. The quantitative estimate of drug-likeness (QED) is 0.845. The number of rotatable bonds is 4. The van der Waals surface area contributed by atoms with Gasteiger partial charge in [-0.05, 0) is 36.8 Å². The van der Waals surface area contributed by atoms with Gasteiger partial charge in [0.2, 0.25) is 0 Å². The van der Waals surface area contributed by atoms with Crippen molar-refractivity contribution in [1.82, 2.24) is 5.32 Å². The second kappa shape index (κ2) is 5.77. The highest BCUT2D eigenvalue weighted by molar-refractivity contribution is 7.10. The summed E-state index contributed by atoms with van der Waals surface area (Å²) < 4.78 is 5.43. The molecule has 1 saturated heterocycles. The maximum absolute atomic E-state index is 9.46. The molecule has 0 radical (unpaired) electrons. The molecule has 2 unspecified atom stereocenters. The first kappa shape index (κ1) is 12.0. The van der Waals surface area contributed by atoms with Crippen LogP contribution in [-0.4, -0.2) is 31.0 Å². The smallest absolute Gasteiger partial charge is 0.0655 e. The number of aryl methyl sites for hydroxylation is 1. The topological polar surface area (TPSA) is 41.5 Å². The third-order valence-corrected chi connectivity index (χ3v) is 4.13. The fourth-order valence-electron chi connectivity index (χ4n) is 2.11. The van der Waals surface area contributed by atoms with Crippen LogP contribution in [-0.2, 0) is 4.74 Å². The molecule has 4 heteroatoms. The van der Waals surface area contributed by atoms with E-state index in [4.69, 9.17) is 4.74 Å². The molecule has 1 aromatic rings. The molecule has 2 N–H and O–H groups in total. The fraction of sp³-hybridized carbons (Fsp3) is 0.667. The molecule has 1 fully saturated rings. The Bertz CT molecular complexity index is 321. The van der Waals surface area contributed by atoms with Gasteiger partial charge in [0.15, 0.2) is 0 Å². The van der Waals surface area contributed by atoms with Crippen molar-refractivity contribution >= 4 is 11.3 Å². The van der Waals surface area contributed by atoms with E-state index >= 15 is 0 Å². The van der Waals surface area contributed by atoms with Crippen LogP contribution in [0.4, 0.5) is 0 Å². The largest absolute Gasteiger partial charge is 0.394 e. The Kier molecular flexibility index (Phi) is 4.35. The van der Waals surface area contributed by atoms with E-state index < -0.39 is 0 Å². The SMILES string of the molecule is Cc1ccsc1C(CO)NC1CCCOC1. The first-order valence-electron chi connectivity index (χ1n) is 5.80. The van der Waals surface area contributed by atoms with Gasteiger partial charge in [-0.3, -0.25) is 0 Å². The molecule has 2 atom stereocenters. The van der Waals surface area contributed by atoms with Gasteiger partial charge in [0.25, 0.3) is 0 Å². The number of nitrogens with one attached hydrogen (secondary N) is 1. The van der Waals surface area contributed by atoms with Crippen LogP contribution in [0, 0.1) is 6.92 Å². The Morgan fingerprint density at radius 1 is 1.69 bits per heavy atom. The molecule has 0 aromatic carbocycles. The molecule has 90 valence electrons. The number of ether oxygens (including phenoxy) is 1. The molecule has 2 rings (SSSR count). The molecule has 0 bridgehead atoms. The van der Waals surface area contributed by atoms with E-state index in [0.29, 0.717) is 6.04 Å². The van der Waals surface area contributed by atoms with E-state index in [9.17, 15) is 5.11 Å². The predicted molar refractivity (Wildman–Crippen MR) is 65.9 cm³/mol. The summed E-state index contributed by atoms with van der Waals surface area (Å²) >= 11 is 1.71. The zero-order valence-electron chi connectivity index (χ0n) is 9.61. The van der Waals surface area contributed by atoms with Gasteiger partial charge in [-0.25, -0.2) is 0 Å². The van der Waals surface area contributed by atoms with Crippen LogP contribution in [0.3, 0.4) is 0 Å². The molecule has 2 heterocycles. The second-order valence-electron chi connectivity index (χ2n) is 4.28. The first-order valence-corrected chi connectivity index (χ1v) is 6.68. The number of thiophene rings is 1. The molecule has 1 aromatic heterocycles. The van der Waals surface area contributed by atoms with E-state index in [1.165, 1.54) is 10.4 Å². The summed E-state index contributed by atoms with van der Waals surface area (Å²) in [6.45, 7) is 3.88. The van der Waals surface area contributed by atoms with Crippen LogP contribution in [0.5, 0.6) is 0 Å². The van der Waals surface area contributed by atoms with E-state index in [2.05, 4.69) is 23.7 Å². The second-order valence-corrected chi connectivity index (χ2v) is 5.23. The van der Waals surface area contributed by atoms with Crippen molar-refractivity contribution in [2.45, 2.75) is 31.8 Å². The van der Waals surface area contributed by atoms with Crippen molar-refractivity contribution in [1.29, 1.82) is 0 Å². The highest BCUT2D eigenvalue weighted by Crippen LogP contribution is 2.24. The average molecular weight is 241 g/mol. The van der Waals surface area contributed by atoms with Crippen LogP contribution < -0.4 is 5.32 Å². The van der Waals surface area contributed by atoms with Gasteiger partial charge >= 0.3 is 0 Å². The molecule has 0 aliphatic carbocycles. The monoisotopic (exact) mass is 241 g/mol. The van der Waals surface area contributed by atoms with Crippen LogP contribution in [0.15, 0.2) is 11.4 Å². The number of hydrogen-bond acceptors (Lipinski definition) is 4.